The lowest BCUT2D eigenvalue weighted by atomic mass is 10.1. The van der Waals surface area contributed by atoms with Crippen molar-refractivity contribution in [3.63, 3.8) is 0 Å². The minimum atomic E-state index is -0.0829. The number of hydrogen-bond acceptors (Lipinski definition) is 10. The van der Waals surface area contributed by atoms with E-state index >= 15 is 0 Å². The number of fused-ring (bicyclic) bond motifs is 1. The predicted molar refractivity (Wildman–Crippen MR) is 132 cm³/mol. The number of morpholine rings is 1. The Morgan fingerprint density at radius 3 is 2.74 bits per heavy atom. The van der Waals surface area contributed by atoms with E-state index in [1.165, 1.54) is 11.3 Å². The Morgan fingerprint density at radius 1 is 1.18 bits per heavy atom. The quantitative estimate of drug-likeness (QED) is 0.413. The van der Waals surface area contributed by atoms with Crippen molar-refractivity contribution in [3.8, 4) is 11.1 Å². The number of carbonyl (C=O) groups is 1. The Balaban J connectivity index is 1.39. The molecule has 3 N–H and O–H groups in total. The van der Waals surface area contributed by atoms with Crippen LogP contribution in [0.4, 0.5) is 17.5 Å². The molecule has 1 saturated heterocycles. The number of hydrogen-bond donors (Lipinski definition) is 2. The fourth-order valence-corrected chi connectivity index (χ4v) is 4.67. The average molecular weight is 478 g/mol. The van der Waals surface area contributed by atoms with E-state index in [1.807, 2.05) is 34.5 Å². The molecule has 1 fully saturated rings. The maximum Gasteiger partial charge on any atom is 0.227 e. The van der Waals surface area contributed by atoms with E-state index in [2.05, 4.69) is 15.3 Å². The Hall–Kier alpha value is -3.60. The van der Waals surface area contributed by atoms with Gasteiger partial charge in [0.2, 0.25) is 11.4 Å². The zero-order valence-electron chi connectivity index (χ0n) is 18.3. The fraction of sp³-hybridized carbons (Fsp3) is 0.250. The van der Waals surface area contributed by atoms with Crippen molar-refractivity contribution in [2.45, 2.75) is 6.42 Å². The lowest BCUT2D eigenvalue weighted by Gasteiger charge is -2.27. The van der Waals surface area contributed by atoms with Gasteiger partial charge in [-0.25, -0.2) is 9.97 Å². The molecule has 5 rings (SSSR count). The van der Waals surface area contributed by atoms with Gasteiger partial charge in [-0.05, 0) is 23.8 Å². The van der Waals surface area contributed by atoms with Crippen LogP contribution < -0.4 is 21.4 Å². The number of thiophene rings is 1. The second-order valence-corrected chi connectivity index (χ2v) is 8.73. The number of ether oxygens (including phenoxy) is 1. The van der Waals surface area contributed by atoms with E-state index in [9.17, 15) is 9.59 Å². The Morgan fingerprint density at radius 2 is 1.97 bits per heavy atom. The number of Topliss-reactive ketones (excluding diaryl/α,β-unsaturated/α-hetero) is 1. The van der Waals surface area contributed by atoms with Crippen molar-refractivity contribution in [2.75, 3.05) is 43.1 Å². The minimum Gasteiger partial charge on any atom is -0.439 e. The first-order valence-corrected chi connectivity index (χ1v) is 11.8. The summed E-state index contributed by atoms with van der Waals surface area (Å²) in [6.45, 7) is 2.60. The summed E-state index contributed by atoms with van der Waals surface area (Å²) in [5, 5.41) is 5.10. The molecule has 4 heterocycles. The first-order chi connectivity index (χ1) is 16.6. The number of nitrogens with one attached hydrogen (secondary N) is 1. The third kappa shape index (κ3) is 4.69. The highest BCUT2D eigenvalue weighted by Crippen LogP contribution is 2.35. The molecule has 4 aromatic rings. The molecule has 0 saturated carbocycles. The van der Waals surface area contributed by atoms with Crippen LogP contribution >= 0.6 is 11.3 Å². The summed E-state index contributed by atoms with van der Waals surface area (Å²) in [6, 6.07) is 11.0. The zero-order chi connectivity index (χ0) is 23.5. The maximum absolute atomic E-state index is 12.7. The van der Waals surface area contributed by atoms with Crippen LogP contribution in [0.5, 0.6) is 0 Å². The average Bonchev–Trinajstić information content (AvgIpc) is 3.30. The molecule has 0 atom stereocenters. The highest BCUT2D eigenvalue weighted by Gasteiger charge is 2.18. The van der Waals surface area contributed by atoms with Crippen LogP contribution in [0, 0.1) is 0 Å². The summed E-state index contributed by atoms with van der Waals surface area (Å²) in [5.74, 6) is 0.890. The van der Waals surface area contributed by atoms with Crippen LogP contribution in [0.2, 0.25) is 0 Å². The van der Waals surface area contributed by atoms with Crippen LogP contribution in [-0.4, -0.2) is 48.6 Å². The number of carbonyl (C=O) groups excluding carboxylic acids is 1. The number of benzene rings is 1. The molecule has 0 aliphatic carbocycles. The summed E-state index contributed by atoms with van der Waals surface area (Å²) in [5.41, 5.74) is 9.15. The van der Waals surface area contributed by atoms with Gasteiger partial charge in [-0.15, -0.1) is 11.3 Å². The van der Waals surface area contributed by atoms with Crippen LogP contribution in [0.25, 0.3) is 21.4 Å². The highest BCUT2D eigenvalue weighted by molar-refractivity contribution is 7.17. The lowest BCUT2D eigenvalue weighted by Crippen LogP contribution is -2.36. The Bertz CT molecular complexity index is 1380. The van der Waals surface area contributed by atoms with Crippen LogP contribution in [0.15, 0.2) is 57.2 Å². The lowest BCUT2D eigenvalue weighted by molar-refractivity contribution is -0.117. The smallest absolute Gasteiger partial charge is 0.227 e. The Labute approximate surface area is 199 Å². The third-order valence-corrected chi connectivity index (χ3v) is 6.50. The summed E-state index contributed by atoms with van der Waals surface area (Å²) in [4.78, 5) is 34.9. The second kappa shape index (κ2) is 9.72. The summed E-state index contributed by atoms with van der Waals surface area (Å²) < 4.78 is 12.2. The summed E-state index contributed by atoms with van der Waals surface area (Å²) >= 11 is 1.38. The molecule has 34 heavy (non-hydrogen) atoms. The van der Waals surface area contributed by atoms with Gasteiger partial charge >= 0.3 is 0 Å². The molecule has 0 bridgehead atoms. The van der Waals surface area contributed by atoms with Crippen molar-refractivity contribution >= 4 is 44.9 Å². The number of nitrogens with two attached hydrogens (primary N) is 1. The van der Waals surface area contributed by atoms with Gasteiger partial charge in [0, 0.05) is 42.0 Å². The molecule has 1 aliphatic rings. The normalized spacial score (nSPS) is 13.9. The summed E-state index contributed by atoms with van der Waals surface area (Å²) in [7, 11) is 0. The number of ketones is 1. The van der Waals surface area contributed by atoms with Gasteiger partial charge in [-0.2, -0.15) is 0 Å². The molecule has 3 aromatic heterocycles. The first kappa shape index (κ1) is 22.2. The van der Waals surface area contributed by atoms with Gasteiger partial charge in [0.05, 0.1) is 31.9 Å². The van der Waals surface area contributed by atoms with Crippen molar-refractivity contribution in [1.29, 1.82) is 0 Å². The highest BCUT2D eigenvalue weighted by atomic mass is 32.1. The van der Waals surface area contributed by atoms with E-state index in [4.69, 9.17) is 14.9 Å². The molecule has 174 valence electrons. The predicted octanol–water partition coefficient (Wildman–Crippen LogP) is 2.96. The fourth-order valence-electron chi connectivity index (χ4n) is 3.76. The molecule has 1 aromatic carbocycles. The minimum absolute atomic E-state index is 0.0143. The second-order valence-electron chi connectivity index (χ2n) is 7.85. The monoisotopic (exact) mass is 477 g/mol. The third-order valence-electron chi connectivity index (χ3n) is 5.52. The van der Waals surface area contributed by atoms with Crippen molar-refractivity contribution in [1.82, 2.24) is 9.97 Å². The molecule has 10 heteroatoms. The molecule has 9 nitrogen and oxygen atoms in total. The number of aromatic nitrogens is 2. The van der Waals surface area contributed by atoms with Crippen LogP contribution in [0.1, 0.15) is 5.69 Å². The van der Waals surface area contributed by atoms with Crippen molar-refractivity contribution in [2.24, 2.45) is 5.73 Å². The van der Waals surface area contributed by atoms with Gasteiger partial charge in [-0.1, -0.05) is 12.1 Å². The van der Waals surface area contributed by atoms with Crippen molar-refractivity contribution in [3.05, 3.63) is 63.9 Å². The number of rotatable bonds is 7. The van der Waals surface area contributed by atoms with E-state index < -0.39 is 0 Å². The molecular weight excluding hydrogens is 454 g/mol. The van der Waals surface area contributed by atoms with E-state index in [-0.39, 0.29) is 24.2 Å². The van der Waals surface area contributed by atoms with E-state index in [0.29, 0.717) is 54.1 Å². The Kier molecular flexibility index (Phi) is 6.35. The SMILES string of the molecule is NCC(=O)Cc1ccnc(Nc2ccc(-c3csc4c(=O)cc(N5CCOCC5)oc34)cc2)n1. The molecule has 0 amide bonds. The number of anilines is 3. The molecule has 0 spiro atoms. The molecule has 1 aliphatic heterocycles. The molecule has 0 unspecified atom stereocenters. The number of nitrogens with zero attached hydrogens (tertiary/aromatic N) is 3. The maximum atomic E-state index is 12.7. The van der Waals surface area contributed by atoms with Crippen LogP contribution in [-0.2, 0) is 16.0 Å². The molecular formula is C24H23N5O4S. The van der Waals surface area contributed by atoms with Gasteiger partial charge in [0.1, 0.15) is 4.70 Å². The van der Waals surface area contributed by atoms with E-state index in [1.54, 1.807) is 18.3 Å². The van der Waals surface area contributed by atoms with Gasteiger partial charge < -0.3 is 25.1 Å². The van der Waals surface area contributed by atoms with Gasteiger partial charge in [0.25, 0.3) is 0 Å². The van der Waals surface area contributed by atoms with E-state index in [0.717, 1.165) is 16.8 Å². The van der Waals surface area contributed by atoms with Crippen molar-refractivity contribution < 1.29 is 13.9 Å². The zero-order valence-corrected chi connectivity index (χ0v) is 19.1. The van der Waals surface area contributed by atoms with Crippen LogP contribution in [0.3, 0.4) is 0 Å². The largest absolute Gasteiger partial charge is 0.439 e. The molecule has 0 radical (unpaired) electrons. The van der Waals surface area contributed by atoms with Gasteiger partial charge in [-0.3, -0.25) is 9.59 Å². The topological polar surface area (TPSA) is 124 Å². The van der Waals surface area contributed by atoms with Gasteiger partial charge in [0.15, 0.2) is 17.3 Å². The standard InChI is InChI=1S/C24H23N5O4S/c25-13-18(30)11-17-5-6-26-24(28-17)27-16-3-1-15(2-4-16)19-14-34-23-20(31)12-21(33-22(19)23)29-7-9-32-10-8-29/h1-6,12,14H,7-11,13,25H2,(H,26,27,28). The first-order valence-electron chi connectivity index (χ1n) is 10.9. The summed E-state index contributed by atoms with van der Waals surface area (Å²) in [6.07, 6.45) is 1.78.